The Labute approximate surface area is 85.3 Å². The Balaban J connectivity index is 3.35. The Bertz CT molecular complexity index is 426. The molecule has 0 saturated carbocycles. The molecule has 0 aliphatic heterocycles. The van der Waals surface area contributed by atoms with Crippen molar-refractivity contribution in [2.75, 3.05) is 7.11 Å². The first-order valence-corrected chi connectivity index (χ1v) is 4.09. The summed E-state index contributed by atoms with van der Waals surface area (Å²) in [6, 6.07) is 2.56. The lowest BCUT2D eigenvalue weighted by atomic mass is 10.1. The highest BCUT2D eigenvalue weighted by atomic mass is 19.1. The summed E-state index contributed by atoms with van der Waals surface area (Å²) in [7, 11) is 1.24. The van der Waals surface area contributed by atoms with Crippen LogP contribution in [0, 0.1) is 12.7 Å². The smallest absolute Gasteiger partial charge is 0.377 e. The Morgan fingerprint density at radius 1 is 1.40 bits per heavy atom. The number of aliphatic carboxylic acids is 1. The first kappa shape index (κ1) is 11.2. The standard InChI is InChI=1S/C10H9FO4/c1-5-3-6(9(12)10(13)14)8(11)7(4-5)15-2/h3-4H,1-2H3,(H,13,14). The number of rotatable bonds is 3. The van der Waals surface area contributed by atoms with Gasteiger partial charge in [-0.3, -0.25) is 4.79 Å². The second-order valence-corrected chi connectivity index (χ2v) is 2.96. The maximum absolute atomic E-state index is 13.5. The molecule has 0 saturated heterocycles. The molecule has 0 atom stereocenters. The largest absolute Gasteiger partial charge is 0.494 e. The first-order valence-electron chi connectivity index (χ1n) is 4.09. The SMILES string of the molecule is COc1cc(C)cc(C(=O)C(=O)O)c1F. The van der Waals surface area contributed by atoms with E-state index in [0.717, 1.165) is 0 Å². The number of carbonyl (C=O) groups excluding carboxylic acids is 1. The lowest BCUT2D eigenvalue weighted by Crippen LogP contribution is -2.15. The summed E-state index contributed by atoms with van der Waals surface area (Å²) in [5, 5.41) is 8.46. The van der Waals surface area contributed by atoms with Crippen LogP contribution in [0.25, 0.3) is 0 Å². The molecule has 0 aliphatic rings. The third-order valence-electron chi connectivity index (χ3n) is 1.84. The van der Waals surface area contributed by atoms with Gasteiger partial charge in [0.2, 0.25) is 0 Å². The number of aryl methyl sites for hydroxylation is 1. The van der Waals surface area contributed by atoms with E-state index in [9.17, 15) is 14.0 Å². The summed E-state index contributed by atoms with van der Waals surface area (Å²) in [5.74, 6) is -4.06. The summed E-state index contributed by atoms with van der Waals surface area (Å²) in [6.45, 7) is 1.61. The monoisotopic (exact) mass is 212 g/mol. The highest BCUT2D eigenvalue weighted by Crippen LogP contribution is 2.22. The first-order chi connectivity index (χ1) is 6.97. The van der Waals surface area contributed by atoms with Crippen molar-refractivity contribution in [1.82, 2.24) is 0 Å². The van der Waals surface area contributed by atoms with Crippen molar-refractivity contribution in [1.29, 1.82) is 0 Å². The van der Waals surface area contributed by atoms with Crippen LogP contribution in [0.3, 0.4) is 0 Å². The Morgan fingerprint density at radius 2 is 2.00 bits per heavy atom. The van der Waals surface area contributed by atoms with Gasteiger partial charge in [0.25, 0.3) is 5.78 Å². The number of methoxy groups -OCH3 is 1. The molecule has 0 heterocycles. The number of hydrogen-bond donors (Lipinski definition) is 1. The van der Waals surface area contributed by atoms with Gasteiger partial charge in [0.15, 0.2) is 11.6 Å². The minimum atomic E-state index is -1.69. The van der Waals surface area contributed by atoms with Crippen LogP contribution in [0.15, 0.2) is 12.1 Å². The van der Waals surface area contributed by atoms with Crippen molar-refractivity contribution in [2.24, 2.45) is 0 Å². The van der Waals surface area contributed by atoms with E-state index >= 15 is 0 Å². The second-order valence-electron chi connectivity index (χ2n) is 2.96. The molecule has 1 aromatic carbocycles. The molecule has 5 heteroatoms. The van der Waals surface area contributed by atoms with Crippen molar-refractivity contribution in [3.05, 3.63) is 29.1 Å². The number of halogens is 1. The Kier molecular flexibility index (Phi) is 3.04. The number of carboxylic acids is 1. The van der Waals surface area contributed by atoms with E-state index in [1.807, 2.05) is 0 Å². The molecule has 0 spiro atoms. The van der Waals surface area contributed by atoms with Crippen molar-refractivity contribution < 1.29 is 23.8 Å². The van der Waals surface area contributed by atoms with Crippen molar-refractivity contribution in [3.8, 4) is 5.75 Å². The molecule has 0 aromatic heterocycles. The number of Topliss-reactive ketones (excluding diaryl/α,β-unsaturated/α-hetero) is 1. The van der Waals surface area contributed by atoms with Gasteiger partial charge >= 0.3 is 5.97 Å². The van der Waals surface area contributed by atoms with Crippen LogP contribution in [0.1, 0.15) is 15.9 Å². The topological polar surface area (TPSA) is 63.6 Å². The van der Waals surface area contributed by atoms with Gasteiger partial charge in [0, 0.05) is 0 Å². The number of hydrogen-bond acceptors (Lipinski definition) is 3. The lowest BCUT2D eigenvalue weighted by molar-refractivity contribution is -0.131. The molecule has 0 aliphatic carbocycles. The maximum atomic E-state index is 13.5. The fraction of sp³-hybridized carbons (Fsp3) is 0.200. The number of ketones is 1. The molecule has 1 aromatic rings. The Morgan fingerprint density at radius 3 is 2.47 bits per heavy atom. The molecule has 1 N–H and O–H groups in total. The van der Waals surface area contributed by atoms with Gasteiger partial charge < -0.3 is 9.84 Å². The van der Waals surface area contributed by atoms with E-state index in [-0.39, 0.29) is 5.75 Å². The number of carbonyl (C=O) groups is 2. The quantitative estimate of drug-likeness (QED) is 0.607. The van der Waals surface area contributed by atoms with E-state index in [4.69, 9.17) is 5.11 Å². The summed E-state index contributed by atoms with van der Waals surface area (Å²) >= 11 is 0. The third kappa shape index (κ3) is 2.12. The van der Waals surface area contributed by atoms with Gasteiger partial charge in [-0.05, 0) is 24.6 Å². The molecule has 0 unspecified atom stereocenters. The zero-order valence-electron chi connectivity index (χ0n) is 8.20. The van der Waals surface area contributed by atoms with Crippen molar-refractivity contribution in [2.45, 2.75) is 6.92 Å². The molecular formula is C10H9FO4. The van der Waals surface area contributed by atoms with Crippen LogP contribution in [-0.2, 0) is 4.79 Å². The van der Waals surface area contributed by atoms with E-state index in [0.29, 0.717) is 5.56 Å². The van der Waals surface area contributed by atoms with Gasteiger partial charge in [-0.15, -0.1) is 0 Å². The fourth-order valence-electron chi connectivity index (χ4n) is 1.16. The minimum Gasteiger partial charge on any atom is -0.494 e. The normalized spacial score (nSPS) is 9.80. The van der Waals surface area contributed by atoms with Gasteiger partial charge in [0.05, 0.1) is 12.7 Å². The summed E-state index contributed by atoms with van der Waals surface area (Å²) in [6.07, 6.45) is 0. The van der Waals surface area contributed by atoms with Crippen LogP contribution in [0.2, 0.25) is 0 Å². The van der Waals surface area contributed by atoms with Crippen molar-refractivity contribution >= 4 is 11.8 Å². The van der Waals surface area contributed by atoms with Gasteiger partial charge in [0.1, 0.15) is 0 Å². The highest BCUT2D eigenvalue weighted by molar-refractivity contribution is 6.40. The zero-order valence-corrected chi connectivity index (χ0v) is 8.20. The van der Waals surface area contributed by atoms with E-state index in [2.05, 4.69) is 4.74 Å². The number of ether oxygens (including phenoxy) is 1. The van der Waals surface area contributed by atoms with E-state index < -0.39 is 23.1 Å². The van der Waals surface area contributed by atoms with Gasteiger partial charge in [-0.25, -0.2) is 9.18 Å². The van der Waals surface area contributed by atoms with Gasteiger partial charge in [-0.2, -0.15) is 0 Å². The maximum Gasteiger partial charge on any atom is 0.377 e. The predicted octanol–water partition coefficient (Wildman–Crippen LogP) is 1.41. The van der Waals surface area contributed by atoms with E-state index in [1.54, 1.807) is 6.92 Å². The average Bonchev–Trinajstić information content (AvgIpc) is 2.19. The minimum absolute atomic E-state index is 0.139. The molecule has 80 valence electrons. The van der Waals surface area contributed by atoms with Crippen molar-refractivity contribution in [3.63, 3.8) is 0 Å². The zero-order chi connectivity index (χ0) is 11.6. The molecular weight excluding hydrogens is 203 g/mol. The number of benzene rings is 1. The summed E-state index contributed by atoms with van der Waals surface area (Å²) < 4.78 is 18.1. The molecule has 15 heavy (non-hydrogen) atoms. The van der Waals surface area contributed by atoms with E-state index in [1.165, 1.54) is 19.2 Å². The van der Waals surface area contributed by atoms with Crippen LogP contribution >= 0.6 is 0 Å². The second kappa shape index (κ2) is 4.08. The fourth-order valence-corrected chi connectivity index (χ4v) is 1.16. The predicted molar refractivity (Wildman–Crippen MR) is 49.7 cm³/mol. The third-order valence-corrected chi connectivity index (χ3v) is 1.84. The average molecular weight is 212 g/mol. The summed E-state index contributed by atoms with van der Waals surface area (Å²) in [5.41, 5.74) is 0.0669. The molecule has 0 bridgehead atoms. The molecule has 1 rings (SSSR count). The van der Waals surface area contributed by atoms with Gasteiger partial charge in [-0.1, -0.05) is 0 Å². The van der Waals surface area contributed by atoms with Crippen LogP contribution in [0.5, 0.6) is 5.75 Å². The molecule has 0 radical (unpaired) electrons. The molecule has 0 amide bonds. The molecule has 4 nitrogen and oxygen atoms in total. The van der Waals surface area contributed by atoms with Crippen LogP contribution < -0.4 is 4.74 Å². The van der Waals surface area contributed by atoms with Crippen LogP contribution in [0.4, 0.5) is 4.39 Å². The Hall–Kier alpha value is -1.91. The lowest BCUT2D eigenvalue weighted by Gasteiger charge is -2.06. The highest BCUT2D eigenvalue weighted by Gasteiger charge is 2.22. The molecule has 0 fully saturated rings. The summed E-state index contributed by atoms with van der Waals surface area (Å²) in [4.78, 5) is 21.5. The number of carboxylic acid groups (broad SMARTS) is 1. The van der Waals surface area contributed by atoms with Crippen LogP contribution in [-0.4, -0.2) is 24.0 Å².